The molecule has 0 aromatic rings. The van der Waals surface area contributed by atoms with E-state index in [1.54, 1.807) is 0 Å². The molecule has 0 aromatic carbocycles. The highest BCUT2D eigenvalue weighted by atomic mass is 16.6. The zero-order valence-electron chi connectivity index (χ0n) is 35.2. The molecule has 54 heavy (non-hydrogen) atoms. The monoisotopic (exact) mass is 755 g/mol. The number of hydrogen-bond acceptors (Lipinski definition) is 6. The first-order valence-electron chi connectivity index (χ1n) is 22.3. The van der Waals surface area contributed by atoms with Gasteiger partial charge in [0.25, 0.3) is 0 Å². The van der Waals surface area contributed by atoms with Gasteiger partial charge in [0.2, 0.25) is 0 Å². The number of carbonyl (C=O) groups is 3. The summed E-state index contributed by atoms with van der Waals surface area (Å²) in [4.78, 5) is 37.5. The molecule has 0 heterocycles. The molecule has 0 saturated heterocycles. The second kappa shape index (κ2) is 42.8. The van der Waals surface area contributed by atoms with Crippen LogP contribution in [-0.2, 0) is 28.6 Å². The van der Waals surface area contributed by atoms with Gasteiger partial charge in [-0.05, 0) is 89.9 Å². The van der Waals surface area contributed by atoms with Gasteiger partial charge >= 0.3 is 17.9 Å². The van der Waals surface area contributed by atoms with E-state index in [-0.39, 0.29) is 37.5 Å². The summed E-state index contributed by atoms with van der Waals surface area (Å²) in [6, 6.07) is 0. The molecule has 0 aliphatic heterocycles. The molecule has 0 aromatic heterocycles. The number of carbonyl (C=O) groups excluding carboxylic acids is 3. The Morgan fingerprint density at radius 3 is 1.37 bits per heavy atom. The maximum absolute atomic E-state index is 12.6. The minimum Gasteiger partial charge on any atom is -0.462 e. The number of ether oxygens (including phenoxy) is 3. The molecular weight excluding hydrogens is 673 g/mol. The first-order valence-corrected chi connectivity index (χ1v) is 22.3. The van der Waals surface area contributed by atoms with Gasteiger partial charge in [-0.3, -0.25) is 14.4 Å². The van der Waals surface area contributed by atoms with Crippen molar-refractivity contribution in [2.45, 2.75) is 213 Å². The maximum atomic E-state index is 12.6. The van der Waals surface area contributed by atoms with E-state index in [1.807, 2.05) is 0 Å². The smallest absolute Gasteiger partial charge is 0.306 e. The Balaban J connectivity index is 4.36. The van der Waals surface area contributed by atoms with Gasteiger partial charge in [-0.1, -0.05) is 159 Å². The summed E-state index contributed by atoms with van der Waals surface area (Å²) in [6.45, 7) is 6.38. The molecule has 0 N–H and O–H groups in total. The normalized spacial score (nSPS) is 12.6. The molecule has 0 saturated carbocycles. The molecule has 0 bridgehead atoms. The fourth-order valence-electron chi connectivity index (χ4n) is 5.88. The highest BCUT2D eigenvalue weighted by molar-refractivity contribution is 5.71. The summed E-state index contributed by atoms with van der Waals surface area (Å²) in [7, 11) is 0. The predicted molar refractivity (Wildman–Crippen MR) is 228 cm³/mol. The van der Waals surface area contributed by atoms with E-state index in [0.717, 1.165) is 77.0 Å². The van der Waals surface area contributed by atoms with Crippen LogP contribution < -0.4 is 0 Å². The van der Waals surface area contributed by atoms with E-state index in [1.165, 1.54) is 77.0 Å². The van der Waals surface area contributed by atoms with Crippen molar-refractivity contribution < 1.29 is 28.6 Å². The third-order valence-corrected chi connectivity index (χ3v) is 9.25. The van der Waals surface area contributed by atoms with Gasteiger partial charge < -0.3 is 14.2 Å². The average Bonchev–Trinajstić information content (AvgIpc) is 3.17. The maximum Gasteiger partial charge on any atom is 0.306 e. The third kappa shape index (κ3) is 40.3. The molecule has 0 aliphatic rings. The highest BCUT2D eigenvalue weighted by Gasteiger charge is 2.19. The minimum absolute atomic E-state index is 0.105. The van der Waals surface area contributed by atoms with Crippen molar-refractivity contribution in [1.29, 1.82) is 0 Å². The zero-order chi connectivity index (χ0) is 39.4. The Labute approximate surface area is 332 Å². The van der Waals surface area contributed by atoms with Crippen molar-refractivity contribution in [3.8, 4) is 0 Å². The number of esters is 3. The fourth-order valence-corrected chi connectivity index (χ4v) is 5.88. The van der Waals surface area contributed by atoms with Crippen molar-refractivity contribution in [3.63, 3.8) is 0 Å². The molecule has 1 unspecified atom stereocenters. The lowest BCUT2D eigenvalue weighted by Crippen LogP contribution is -2.30. The van der Waals surface area contributed by atoms with Crippen LogP contribution in [0.1, 0.15) is 207 Å². The van der Waals surface area contributed by atoms with Gasteiger partial charge in [0.05, 0.1) is 0 Å². The molecule has 0 fully saturated rings. The standard InChI is InChI=1S/C48H82O6/c1-4-7-10-13-16-19-20-21-22-23-24-25-26-27-30-32-35-38-41-47(50)53-44-45(54-48(51)42-39-36-33-29-18-15-12-9-6-3)43-52-46(49)40-37-34-31-28-17-14-11-8-5-2/h9,12,18,22-25,28-29,31,45H,4-8,10-11,13-17,19-21,26-27,30,32-44H2,1-3H3/b12-9-,23-22-,25-24-,29-18-,31-28-. The lowest BCUT2D eigenvalue weighted by atomic mass is 10.1. The van der Waals surface area contributed by atoms with Crippen LogP contribution in [0, 0.1) is 0 Å². The highest BCUT2D eigenvalue weighted by Crippen LogP contribution is 2.12. The first-order chi connectivity index (χ1) is 26.5. The van der Waals surface area contributed by atoms with E-state index >= 15 is 0 Å². The number of rotatable bonds is 39. The molecule has 6 heteroatoms. The molecule has 0 aliphatic carbocycles. The van der Waals surface area contributed by atoms with Crippen molar-refractivity contribution in [2.75, 3.05) is 13.2 Å². The van der Waals surface area contributed by atoms with E-state index < -0.39 is 6.10 Å². The summed E-state index contributed by atoms with van der Waals surface area (Å²) >= 11 is 0. The molecule has 310 valence electrons. The Hall–Kier alpha value is -2.89. The zero-order valence-corrected chi connectivity index (χ0v) is 35.2. The van der Waals surface area contributed by atoms with Gasteiger partial charge in [-0.25, -0.2) is 0 Å². The number of unbranched alkanes of at least 4 members (excludes halogenated alkanes) is 19. The van der Waals surface area contributed by atoms with Crippen LogP contribution in [-0.4, -0.2) is 37.2 Å². The van der Waals surface area contributed by atoms with Crippen LogP contribution in [0.15, 0.2) is 60.8 Å². The molecule has 1 atom stereocenters. The summed E-state index contributed by atoms with van der Waals surface area (Å²) < 4.78 is 16.6. The van der Waals surface area contributed by atoms with Crippen molar-refractivity contribution in [1.82, 2.24) is 0 Å². The van der Waals surface area contributed by atoms with Crippen molar-refractivity contribution >= 4 is 17.9 Å². The van der Waals surface area contributed by atoms with Crippen molar-refractivity contribution in [2.24, 2.45) is 0 Å². The Morgan fingerprint density at radius 2 is 0.796 bits per heavy atom. The number of hydrogen-bond donors (Lipinski definition) is 0. The van der Waals surface area contributed by atoms with E-state index in [0.29, 0.717) is 25.7 Å². The molecular formula is C48H82O6. The Bertz CT molecular complexity index is 1010. The van der Waals surface area contributed by atoms with E-state index in [2.05, 4.69) is 81.5 Å². The average molecular weight is 755 g/mol. The molecule has 0 radical (unpaired) electrons. The lowest BCUT2D eigenvalue weighted by molar-refractivity contribution is -0.167. The van der Waals surface area contributed by atoms with Crippen LogP contribution in [0.3, 0.4) is 0 Å². The second-order valence-corrected chi connectivity index (χ2v) is 14.6. The molecule has 0 amide bonds. The van der Waals surface area contributed by atoms with Crippen LogP contribution in [0.5, 0.6) is 0 Å². The summed E-state index contributed by atoms with van der Waals surface area (Å²) in [5, 5.41) is 0. The topological polar surface area (TPSA) is 78.9 Å². The number of allylic oxidation sites excluding steroid dienone is 10. The fraction of sp³-hybridized carbons (Fsp3) is 0.729. The SMILES string of the molecule is CC/C=C\C/C=C\CCCCC(=O)OC(COC(=O)CCC/C=C\CCCCCC)COC(=O)CCCCCCC/C=C\C=C/CCCCCCCCC. The van der Waals surface area contributed by atoms with Gasteiger partial charge in [0, 0.05) is 19.3 Å². The minimum atomic E-state index is -0.804. The largest absolute Gasteiger partial charge is 0.462 e. The van der Waals surface area contributed by atoms with Gasteiger partial charge in [-0.15, -0.1) is 0 Å². The molecule has 6 nitrogen and oxygen atoms in total. The molecule has 0 rings (SSSR count). The first kappa shape index (κ1) is 51.1. The van der Waals surface area contributed by atoms with Gasteiger partial charge in [0.15, 0.2) is 6.10 Å². The van der Waals surface area contributed by atoms with Gasteiger partial charge in [0.1, 0.15) is 13.2 Å². The second-order valence-electron chi connectivity index (χ2n) is 14.6. The third-order valence-electron chi connectivity index (χ3n) is 9.25. The Kier molecular flexibility index (Phi) is 40.6. The summed E-state index contributed by atoms with van der Waals surface area (Å²) in [5.41, 5.74) is 0. The van der Waals surface area contributed by atoms with Gasteiger partial charge in [-0.2, -0.15) is 0 Å². The van der Waals surface area contributed by atoms with Crippen LogP contribution >= 0.6 is 0 Å². The predicted octanol–water partition coefficient (Wildman–Crippen LogP) is 14.1. The van der Waals surface area contributed by atoms with Crippen LogP contribution in [0.25, 0.3) is 0 Å². The summed E-state index contributed by atoms with van der Waals surface area (Å²) in [5.74, 6) is -0.999. The van der Waals surface area contributed by atoms with Crippen LogP contribution in [0.4, 0.5) is 0 Å². The van der Waals surface area contributed by atoms with E-state index in [4.69, 9.17) is 14.2 Å². The van der Waals surface area contributed by atoms with Crippen LogP contribution in [0.2, 0.25) is 0 Å². The Morgan fingerprint density at radius 1 is 0.407 bits per heavy atom. The van der Waals surface area contributed by atoms with Crippen molar-refractivity contribution in [3.05, 3.63) is 60.8 Å². The van der Waals surface area contributed by atoms with E-state index in [9.17, 15) is 14.4 Å². The molecule has 0 spiro atoms. The summed E-state index contributed by atoms with van der Waals surface area (Å²) in [6.07, 6.45) is 50.9. The quantitative estimate of drug-likeness (QED) is 0.0204. The lowest BCUT2D eigenvalue weighted by Gasteiger charge is -2.18.